The Morgan fingerprint density at radius 2 is 2.00 bits per heavy atom. The van der Waals surface area contributed by atoms with Gasteiger partial charge in [0.25, 0.3) is 0 Å². The van der Waals surface area contributed by atoms with Crippen molar-refractivity contribution in [2.24, 2.45) is 0 Å². The van der Waals surface area contributed by atoms with Gasteiger partial charge < -0.3 is 20.8 Å². The number of nitrogens with one attached hydrogen (secondary N) is 2. The average Bonchev–Trinajstić information content (AvgIpc) is 2.29. The van der Waals surface area contributed by atoms with Crippen molar-refractivity contribution in [3.8, 4) is 5.75 Å². The van der Waals surface area contributed by atoms with Gasteiger partial charge in [0.15, 0.2) is 0 Å². The molecule has 0 unspecified atom stereocenters. The van der Waals surface area contributed by atoms with Gasteiger partial charge in [-0.05, 0) is 30.5 Å². The maximum atomic E-state index is 11.2. The zero-order valence-electron chi connectivity index (χ0n) is 9.65. The third-order valence-electron chi connectivity index (χ3n) is 2.23. The normalized spacial score (nSPS) is 9.94. The monoisotopic (exact) mass is 238 g/mol. The van der Waals surface area contributed by atoms with Crippen molar-refractivity contribution in [3.63, 3.8) is 0 Å². The number of benzene rings is 1. The van der Waals surface area contributed by atoms with Gasteiger partial charge in [-0.25, -0.2) is 4.79 Å². The van der Waals surface area contributed by atoms with Gasteiger partial charge >= 0.3 is 6.03 Å². The van der Waals surface area contributed by atoms with E-state index in [4.69, 9.17) is 5.11 Å². The van der Waals surface area contributed by atoms with Crippen LogP contribution in [-0.2, 0) is 6.42 Å². The van der Waals surface area contributed by atoms with Crippen LogP contribution in [0.15, 0.2) is 24.3 Å². The molecule has 1 rings (SSSR count). The zero-order valence-corrected chi connectivity index (χ0v) is 9.65. The van der Waals surface area contributed by atoms with E-state index in [1.54, 1.807) is 18.2 Å². The molecule has 5 heteroatoms. The second-order valence-corrected chi connectivity index (χ2v) is 3.68. The minimum Gasteiger partial charge on any atom is -0.508 e. The van der Waals surface area contributed by atoms with Crippen molar-refractivity contribution in [1.82, 2.24) is 10.6 Å². The summed E-state index contributed by atoms with van der Waals surface area (Å²) in [5.41, 5.74) is 0.973. The first-order valence-corrected chi connectivity index (χ1v) is 5.63. The number of hydrogen-bond acceptors (Lipinski definition) is 3. The Balaban J connectivity index is 2.17. The van der Waals surface area contributed by atoms with E-state index in [1.807, 2.05) is 6.07 Å². The van der Waals surface area contributed by atoms with Crippen LogP contribution in [0.3, 0.4) is 0 Å². The Hall–Kier alpha value is -1.75. The van der Waals surface area contributed by atoms with Gasteiger partial charge in [-0.15, -0.1) is 0 Å². The molecule has 0 radical (unpaired) electrons. The van der Waals surface area contributed by atoms with Gasteiger partial charge in [-0.1, -0.05) is 12.1 Å². The minimum absolute atomic E-state index is 0.0730. The summed E-state index contributed by atoms with van der Waals surface area (Å²) in [6, 6.07) is 6.71. The lowest BCUT2D eigenvalue weighted by Crippen LogP contribution is -2.37. The molecular weight excluding hydrogens is 220 g/mol. The highest BCUT2D eigenvalue weighted by atomic mass is 16.3. The first kappa shape index (κ1) is 13.3. The van der Waals surface area contributed by atoms with Crippen LogP contribution in [-0.4, -0.2) is 35.9 Å². The number of phenols is 1. The van der Waals surface area contributed by atoms with Crippen LogP contribution in [0.25, 0.3) is 0 Å². The van der Waals surface area contributed by atoms with Crippen molar-refractivity contribution < 1.29 is 15.0 Å². The summed E-state index contributed by atoms with van der Waals surface area (Å²) in [5.74, 6) is 0.231. The van der Waals surface area contributed by atoms with E-state index in [0.29, 0.717) is 25.9 Å². The highest BCUT2D eigenvalue weighted by Crippen LogP contribution is 2.10. The molecule has 1 aromatic carbocycles. The van der Waals surface area contributed by atoms with E-state index < -0.39 is 0 Å². The molecule has 0 aromatic heterocycles. The fourth-order valence-corrected chi connectivity index (χ4v) is 1.38. The van der Waals surface area contributed by atoms with E-state index in [-0.39, 0.29) is 18.4 Å². The summed E-state index contributed by atoms with van der Waals surface area (Å²) in [6.45, 7) is 1.05. The summed E-state index contributed by atoms with van der Waals surface area (Å²) in [7, 11) is 0. The number of rotatable bonds is 6. The van der Waals surface area contributed by atoms with E-state index in [0.717, 1.165) is 5.56 Å². The molecule has 94 valence electrons. The number of carbonyl (C=O) groups is 1. The molecule has 17 heavy (non-hydrogen) atoms. The molecule has 4 N–H and O–H groups in total. The third kappa shape index (κ3) is 5.77. The zero-order chi connectivity index (χ0) is 12.5. The van der Waals surface area contributed by atoms with Gasteiger partial charge in [0.1, 0.15) is 5.75 Å². The number of aliphatic hydroxyl groups is 1. The van der Waals surface area contributed by atoms with Gasteiger partial charge in [0, 0.05) is 19.7 Å². The minimum atomic E-state index is -0.237. The Kier molecular flexibility index (Phi) is 5.88. The maximum absolute atomic E-state index is 11.2. The Bertz CT molecular complexity index is 355. The van der Waals surface area contributed by atoms with Crippen molar-refractivity contribution in [3.05, 3.63) is 29.8 Å². The molecule has 0 spiro atoms. The molecule has 0 saturated heterocycles. The molecule has 0 aliphatic heterocycles. The predicted octanol–water partition coefficient (Wildman–Crippen LogP) is 0.616. The molecule has 2 amide bonds. The molecule has 0 saturated carbocycles. The molecule has 5 nitrogen and oxygen atoms in total. The van der Waals surface area contributed by atoms with Gasteiger partial charge in [-0.3, -0.25) is 0 Å². The van der Waals surface area contributed by atoms with Gasteiger partial charge in [0.05, 0.1) is 0 Å². The molecule has 0 bridgehead atoms. The average molecular weight is 238 g/mol. The summed E-state index contributed by atoms with van der Waals surface area (Å²) in [6.07, 6.45) is 1.22. The highest BCUT2D eigenvalue weighted by Gasteiger charge is 1.99. The van der Waals surface area contributed by atoms with E-state index in [2.05, 4.69) is 10.6 Å². The Morgan fingerprint density at radius 1 is 1.24 bits per heavy atom. The van der Waals surface area contributed by atoms with E-state index >= 15 is 0 Å². The van der Waals surface area contributed by atoms with Crippen LogP contribution >= 0.6 is 0 Å². The van der Waals surface area contributed by atoms with Crippen LogP contribution in [0.5, 0.6) is 5.75 Å². The Morgan fingerprint density at radius 3 is 2.71 bits per heavy atom. The topological polar surface area (TPSA) is 81.6 Å². The molecule has 0 aliphatic rings. The molecule has 0 fully saturated rings. The van der Waals surface area contributed by atoms with E-state index in [9.17, 15) is 9.90 Å². The number of phenolic OH excluding ortho intramolecular Hbond substituents is 1. The molecule has 1 aromatic rings. The fraction of sp³-hybridized carbons (Fsp3) is 0.417. The maximum Gasteiger partial charge on any atom is 0.314 e. The Labute approximate surface area is 100 Å². The predicted molar refractivity (Wildman–Crippen MR) is 64.9 cm³/mol. The van der Waals surface area contributed by atoms with Crippen molar-refractivity contribution >= 4 is 6.03 Å². The van der Waals surface area contributed by atoms with Crippen LogP contribution in [0.4, 0.5) is 4.79 Å². The lowest BCUT2D eigenvalue weighted by molar-refractivity contribution is 0.238. The summed E-state index contributed by atoms with van der Waals surface area (Å²) < 4.78 is 0. The van der Waals surface area contributed by atoms with Crippen molar-refractivity contribution in [1.29, 1.82) is 0 Å². The number of carbonyl (C=O) groups excluding carboxylic acids is 1. The second-order valence-electron chi connectivity index (χ2n) is 3.68. The van der Waals surface area contributed by atoms with Crippen LogP contribution < -0.4 is 10.6 Å². The lowest BCUT2D eigenvalue weighted by atomic mass is 10.1. The summed E-state index contributed by atoms with van der Waals surface area (Å²) >= 11 is 0. The van der Waals surface area contributed by atoms with Crippen LogP contribution in [0.2, 0.25) is 0 Å². The number of urea groups is 1. The van der Waals surface area contributed by atoms with Crippen molar-refractivity contribution in [2.45, 2.75) is 12.8 Å². The molecular formula is C12H18N2O3. The standard InChI is InChI=1S/C12H18N2O3/c15-8-2-6-13-12(17)14-7-5-10-3-1-4-11(16)9-10/h1,3-4,9,15-16H,2,5-8H2,(H2,13,14,17). The highest BCUT2D eigenvalue weighted by molar-refractivity contribution is 5.73. The number of aliphatic hydroxyl groups excluding tert-OH is 1. The molecule has 0 atom stereocenters. The molecule has 0 heterocycles. The summed E-state index contributed by atoms with van der Waals surface area (Å²) in [4.78, 5) is 11.2. The van der Waals surface area contributed by atoms with Crippen LogP contribution in [0, 0.1) is 0 Å². The number of amides is 2. The largest absolute Gasteiger partial charge is 0.508 e. The first-order valence-electron chi connectivity index (χ1n) is 5.63. The quantitative estimate of drug-likeness (QED) is 0.548. The van der Waals surface area contributed by atoms with Gasteiger partial charge in [-0.2, -0.15) is 0 Å². The third-order valence-corrected chi connectivity index (χ3v) is 2.23. The van der Waals surface area contributed by atoms with Gasteiger partial charge in [0.2, 0.25) is 0 Å². The first-order chi connectivity index (χ1) is 8.22. The fourth-order valence-electron chi connectivity index (χ4n) is 1.38. The number of aromatic hydroxyl groups is 1. The second kappa shape index (κ2) is 7.51. The molecule has 0 aliphatic carbocycles. The number of hydrogen-bond donors (Lipinski definition) is 4. The smallest absolute Gasteiger partial charge is 0.314 e. The van der Waals surface area contributed by atoms with E-state index in [1.165, 1.54) is 0 Å². The van der Waals surface area contributed by atoms with Crippen LogP contribution in [0.1, 0.15) is 12.0 Å². The lowest BCUT2D eigenvalue weighted by Gasteiger charge is -2.07. The summed E-state index contributed by atoms with van der Waals surface area (Å²) in [5, 5.41) is 23.1. The SMILES string of the molecule is O=C(NCCCO)NCCc1cccc(O)c1. The van der Waals surface area contributed by atoms with Crippen molar-refractivity contribution in [2.75, 3.05) is 19.7 Å².